The minimum Gasteiger partial charge on any atom is -0.313 e. The zero-order valence-electron chi connectivity index (χ0n) is 10.6. The molecule has 0 aromatic heterocycles. The Labute approximate surface area is 90.1 Å². The zero-order chi connectivity index (χ0) is 11.0. The van der Waals surface area contributed by atoms with E-state index in [9.17, 15) is 0 Å². The maximum absolute atomic E-state index is 3.50. The van der Waals surface area contributed by atoms with Crippen molar-refractivity contribution < 1.29 is 0 Å². The molecule has 0 aliphatic carbocycles. The Balaban J connectivity index is 3.81. The Morgan fingerprint density at radius 2 is 1.50 bits per heavy atom. The van der Waals surface area contributed by atoms with E-state index in [2.05, 4.69) is 44.8 Å². The van der Waals surface area contributed by atoms with Crippen LogP contribution in [0.5, 0.6) is 0 Å². The molecule has 86 valence electrons. The molecule has 1 unspecified atom stereocenters. The molecule has 0 saturated carbocycles. The SMILES string of the molecule is CCCN(CCC)C(C)CNC(C)C. The quantitative estimate of drug-likeness (QED) is 0.647. The molecule has 0 aliphatic rings. The third kappa shape index (κ3) is 6.39. The van der Waals surface area contributed by atoms with Gasteiger partial charge in [-0.1, -0.05) is 27.7 Å². The third-order valence-corrected chi connectivity index (χ3v) is 2.47. The lowest BCUT2D eigenvalue weighted by molar-refractivity contribution is 0.202. The van der Waals surface area contributed by atoms with Crippen LogP contribution in [-0.4, -0.2) is 36.6 Å². The summed E-state index contributed by atoms with van der Waals surface area (Å²) in [5.74, 6) is 0. The highest BCUT2D eigenvalue weighted by atomic mass is 15.2. The topological polar surface area (TPSA) is 15.3 Å². The minimum atomic E-state index is 0.600. The molecule has 0 aromatic rings. The van der Waals surface area contributed by atoms with Gasteiger partial charge in [0.25, 0.3) is 0 Å². The van der Waals surface area contributed by atoms with Crippen molar-refractivity contribution in [3.05, 3.63) is 0 Å². The molecule has 2 nitrogen and oxygen atoms in total. The highest BCUT2D eigenvalue weighted by molar-refractivity contribution is 4.70. The number of hydrogen-bond acceptors (Lipinski definition) is 2. The molecule has 0 saturated heterocycles. The van der Waals surface area contributed by atoms with E-state index in [1.54, 1.807) is 0 Å². The number of rotatable bonds is 8. The summed E-state index contributed by atoms with van der Waals surface area (Å²) >= 11 is 0. The molecule has 2 heteroatoms. The molecule has 0 heterocycles. The molecular formula is C12H28N2. The molecule has 0 aliphatic heterocycles. The van der Waals surface area contributed by atoms with Gasteiger partial charge < -0.3 is 5.32 Å². The van der Waals surface area contributed by atoms with Crippen molar-refractivity contribution in [3.8, 4) is 0 Å². The van der Waals surface area contributed by atoms with Crippen LogP contribution < -0.4 is 5.32 Å². The maximum Gasteiger partial charge on any atom is 0.0192 e. The summed E-state index contributed by atoms with van der Waals surface area (Å²) in [6.45, 7) is 14.8. The van der Waals surface area contributed by atoms with Crippen molar-refractivity contribution >= 4 is 0 Å². The average Bonchev–Trinajstić information content (AvgIpc) is 2.14. The Morgan fingerprint density at radius 3 is 1.86 bits per heavy atom. The van der Waals surface area contributed by atoms with E-state index in [-0.39, 0.29) is 0 Å². The molecule has 0 amide bonds. The largest absolute Gasteiger partial charge is 0.313 e. The van der Waals surface area contributed by atoms with Gasteiger partial charge in [0, 0.05) is 18.6 Å². The highest BCUT2D eigenvalue weighted by Gasteiger charge is 2.11. The number of nitrogens with one attached hydrogen (secondary N) is 1. The lowest BCUT2D eigenvalue weighted by Crippen LogP contribution is -2.42. The first-order valence-electron chi connectivity index (χ1n) is 6.09. The molecular weight excluding hydrogens is 172 g/mol. The first-order valence-corrected chi connectivity index (χ1v) is 6.09. The molecule has 0 radical (unpaired) electrons. The van der Waals surface area contributed by atoms with Gasteiger partial charge in [0.05, 0.1) is 0 Å². The van der Waals surface area contributed by atoms with E-state index in [0.717, 1.165) is 6.54 Å². The van der Waals surface area contributed by atoms with Gasteiger partial charge in [0.15, 0.2) is 0 Å². The van der Waals surface area contributed by atoms with E-state index in [0.29, 0.717) is 12.1 Å². The second kappa shape index (κ2) is 8.25. The van der Waals surface area contributed by atoms with Crippen LogP contribution in [0.25, 0.3) is 0 Å². The lowest BCUT2D eigenvalue weighted by Gasteiger charge is -2.29. The summed E-state index contributed by atoms with van der Waals surface area (Å²) in [5.41, 5.74) is 0. The molecule has 0 bridgehead atoms. The second-order valence-corrected chi connectivity index (χ2v) is 4.45. The van der Waals surface area contributed by atoms with Crippen LogP contribution in [-0.2, 0) is 0 Å². The van der Waals surface area contributed by atoms with E-state index >= 15 is 0 Å². The Hall–Kier alpha value is -0.0800. The molecule has 1 N–H and O–H groups in total. The van der Waals surface area contributed by atoms with Crippen molar-refractivity contribution in [2.45, 2.75) is 59.5 Å². The average molecular weight is 200 g/mol. The van der Waals surface area contributed by atoms with Gasteiger partial charge in [0.2, 0.25) is 0 Å². The lowest BCUT2D eigenvalue weighted by atomic mass is 10.2. The summed E-state index contributed by atoms with van der Waals surface area (Å²) in [6, 6.07) is 1.26. The first kappa shape index (κ1) is 13.9. The van der Waals surface area contributed by atoms with Crippen molar-refractivity contribution in [1.82, 2.24) is 10.2 Å². The normalized spacial score (nSPS) is 13.9. The Kier molecular flexibility index (Phi) is 8.20. The van der Waals surface area contributed by atoms with Crippen molar-refractivity contribution in [3.63, 3.8) is 0 Å². The smallest absolute Gasteiger partial charge is 0.0192 e. The first-order chi connectivity index (χ1) is 6.61. The van der Waals surface area contributed by atoms with Gasteiger partial charge >= 0.3 is 0 Å². The van der Waals surface area contributed by atoms with Crippen LogP contribution in [0.15, 0.2) is 0 Å². The maximum atomic E-state index is 3.50. The summed E-state index contributed by atoms with van der Waals surface area (Å²) in [4.78, 5) is 2.58. The van der Waals surface area contributed by atoms with Gasteiger partial charge in [-0.25, -0.2) is 0 Å². The van der Waals surface area contributed by atoms with Gasteiger partial charge in [-0.2, -0.15) is 0 Å². The van der Waals surface area contributed by atoms with Gasteiger partial charge in [-0.3, -0.25) is 4.90 Å². The van der Waals surface area contributed by atoms with Crippen LogP contribution >= 0.6 is 0 Å². The summed E-state index contributed by atoms with van der Waals surface area (Å²) in [7, 11) is 0. The van der Waals surface area contributed by atoms with Crippen LogP contribution in [0.4, 0.5) is 0 Å². The van der Waals surface area contributed by atoms with Gasteiger partial charge in [0.1, 0.15) is 0 Å². The van der Waals surface area contributed by atoms with Crippen molar-refractivity contribution in [2.75, 3.05) is 19.6 Å². The van der Waals surface area contributed by atoms with Crippen LogP contribution in [0.3, 0.4) is 0 Å². The molecule has 1 atom stereocenters. The van der Waals surface area contributed by atoms with Crippen molar-refractivity contribution in [1.29, 1.82) is 0 Å². The molecule has 14 heavy (non-hydrogen) atoms. The fourth-order valence-electron chi connectivity index (χ4n) is 1.66. The predicted molar refractivity (Wildman–Crippen MR) is 64.8 cm³/mol. The monoisotopic (exact) mass is 200 g/mol. The molecule has 0 fully saturated rings. The van der Waals surface area contributed by atoms with Gasteiger partial charge in [-0.15, -0.1) is 0 Å². The summed E-state index contributed by atoms with van der Waals surface area (Å²) in [6.07, 6.45) is 2.51. The fraction of sp³-hybridized carbons (Fsp3) is 1.00. The van der Waals surface area contributed by atoms with Crippen LogP contribution in [0, 0.1) is 0 Å². The second-order valence-electron chi connectivity index (χ2n) is 4.45. The molecule has 0 spiro atoms. The van der Waals surface area contributed by atoms with Crippen molar-refractivity contribution in [2.24, 2.45) is 0 Å². The van der Waals surface area contributed by atoms with E-state index in [4.69, 9.17) is 0 Å². The van der Waals surface area contributed by atoms with E-state index in [1.807, 2.05) is 0 Å². The standard InChI is InChI=1S/C12H28N2/c1-6-8-14(9-7-2)12(5)10-13-11(3)4/h11-13H,6-10H2,1-5H3. The number of hydrogen-bond donors (Lipinski definition) is 1. The van der Waals surface area contributed by atoms with Crippen LogP contribution in [0.2, 0.25) is 0 Å². The third-order valence-electron chi connectivity index (χ3n) is 2.47. The van der Waals surface area contributed by atoms with Gasteiger partial charge in [-0.05, 0) is 32.9 Å². The van der Waals surface area contributed by atoms with E-state index < -0.39 is 0 Å². The predicted octanol–water partition coefficient (Wildman–Crippen LogP) is 2.49. The zero-order valence-corrected chi connectivity index (χ0v) is 10.6. The Morgan fingerprint density at radius 1 is 1.00 bits per heavy atom. The Bertz CT molecular complexity index is 117. The molecule has 0 rings (SSSR count). The fourth-order valence-corrected chi connectivity index (χ4v) is 1.66. The summed E-state index contributed by atoms with van der Waals surface area (Å²) in [5, 5.41) is 3.50. The van der Waals surface area contributed by atoms with E-state index in [1.165, 1.54) is 25.9 Å². The highest BCUT2D eigenvalue weighted by Crippen LogP contribution is 2.01. The minimum absolute atomic E-state index is 0.600. The number of nitrogens with zero attached hydrogens (tertiary/aromatic N) is 1. The van der Waals surface area contributed by atoms with Crippen LogP contribution in [0.1, 0.15) is 47.5 Å². The molecule has 0 aromatic carbocycles. The summed E-state index contributed by atoms with van der Waals surface area (Å²) < 4.78 is 0.